The molecule has 5 heteroatoms. The molecule has 0 spiro atoms. The van der Waals surface area contributed by atoms with Crippen LogP contribution in [0.4, 0.5) is 0 Å². The molecule has 1 aliphatic heterocycles. The Morgan fingerprint density at radius 2 is 2.15 bits per heavy atom. The van der Waals surface area contributed by atoms with Gasteiger partial charge in [-0.1, -0.05) is 18.2 Å². The number of benzene rings is 1. The van der Waals surface area contributed by atoms with Crippen molar-refractivity contribution in [2.24, 2.45) is 5.92 Å². The van der Waals surface area contributed by atoms with Gasteiger partial charge in [-0.15, -0.1) is 0 Å². The van der Waals surface area contributed by atoms with Crippen LogP contribution in [0.2, 0.25) is 0 Å². The molecule has 1 saturated heterocycles. The first-order valence-corrected chi connectivity index (χ1v) is 9.71. The summed E-state index contributed by atoms with van der Waals surface area (Å²) in [4.78, 5) is 4.65. The molecule has 2 aromatic heterocycles. The van der Waals surface area contributed by atoms with Gasteiger partial charge in [0.1, 0.15) is 18.0 Å². The molecule has 27 heavy (non-hydrogen) atoms. The van der Waals surface area contributed by atoms with E-state index >= 15 is 0 Å². The summed E-state index contributed by atoms with van der Waals surface area (Å²) in [5.41, 5.74) is 4.36. The maximum atomic E-state index is 5.90. The Balaban J connectivity index is 1.26. The Labute approximate surface area is 160 Å². The number of ether oxygens (including phenoxy) is 2. The average molecular weight is 365 g/mol. The monoisotopic (exact) mass is 365 g/mol. The molecule has 1 N–H and O–H groups in total. The molecule has 4 rings (SSSR count). The standard InChI is InChI=1S/C22H27N3O2/c1-17-4-2-10-25-14-20(24-22(17)25)16-27-21-8-6-18(7-9-21)12-23-13-19-5-3-11-26-15-19/h2,4,6-10,14,19,23H,3,5,11-13,15-16H2,1H3. The molecule has 1 atom stereocenters. The van der Waals surface area contributed by atoms with Crippen molar-refractivity contribution in [3.05, 3.63) is 65.6 Å². The van der Waals surface area contributed by atoms with E-state index in [-0.39, 0.29) is 0 Å². The van der Waals surface area contributed by atoms with Crippen molar-refractivity contribution in [3.63, 3.8) is 0 Å². The van der Waals surface area contributed by atoms with Crippen LogP contribution in [0, 0.1) is 12.8 Å². The molecule has 1 fully saturated rings. The van der Waals surface area contributed by atoms with Gasteiger partial charge in [-0.3, -0.25) is 0 Å². The van der Waals surface area contributed by atoms with Gasteiger partial charge in [-0.2, -0.15) is 0 Å². The van der Waals surface area contributed by atoms with Crippen LogP contribution in [0.15, 0.2) is 48.8 Å². The topological polar surface area (TPSA) is 47.8 Å². The van der Waals surface area contributed by atoms with Gasteiger partial charge in [0, 0.05) is 32.1 Å². The minimum atomic E-state index is 0.473. The van der Waals surface area contributed by atoms with E-state index in [9.17, 15) is 0 Å². The number of rotatable bonds is 7. The number of hydrogen-bond acceptors (Lipinski definition) is 4. The molecule has 3 aromatic rings. The summed E-state index contributed by atoms with van der Waals surface area (Å²) in [6, 6.07) is 12.4. The first-order valence-electron chi connectivity index (χ1n) is 9.71. The van der Waals surface area contributed by atoms with Crippen LogP contribution in [0.5, 0.6) is 5.75 Å². The normalized spacial score (nSPS) is 17.3. The van der Waals surface area contributed by atoms with Crippen LogP contribution in [0.1, 0.15) is 29.7 Å². The molecule has 0 saturated carbocycles. The summed E-state index contributed by atoms with van der Waals surface area (Å²) >= 11 is 0. The number of aryl methyl sites for hydroxylation is 1. The zero-order valence-corrected chi connectivity index (χ0v) is 15.9. The van der Waals surface area contributed by atoms with Gasteiger partial charge >= 0.3 is 0 Å². The van der Waals surface area contributed by atoms with Gasteiger partial charge in [0.05, 0.1) is 12.3 Å². The minimum absolute atomic E-state index is 0.473. The van der Waals surface area contributed by atoms with Crippen molar-refractivity contribution in [1.82, 2.24) is 14.7 Å². The van der Waals surface area contributed by atoms with Crippen LogP contribution >= 0.6 is 0 Å². The largest absolute Gasteiger partial charge is 0.487 e. The Morgan fingerprint density at radius 1 is 1.26 bits per heavy atom. The van der Waals surface area contributed by atoms with E-state index in [1.165, 1.54) is 24.0 Å². The Bertz CT molecular complexity index is 867. The van der Waals surface area contributed by atoms with Gasteiger partial charge in [-0.25, -0.2) is 4.98 Å². The fourth-order valence-corrected chi connectivity index (χ4v) is 3.52. The second-order valence-corrected chi connectivity index (χ2v) is 7.30. The molecule has 5 nitrogen and oxygen atoms in total. The predicted molar refractivity (Wildman–Crippen MR) is 106 cm³/mol. The number of nitrogens with one attached hydrogen (secondary N) is 1. The van der Waals surface area contributed by atoms with E-state index in [0.29, 0.717) is 12.5 Å². The van der Waals surface area contributed by atoms with Crippen molar-refractivity contribution >= 4 is 5.65 Å². The molecular weight excluding hydrogens is 338 g/mol. The third-order valence-electron chi connectivity index (χ3n) is 5.05. The highest BCUT2D eigenvalue weighted by Gasteiger charge is 2.13. The van der Waals surface area contributed by atoms with Crippen molar-refractivity contribution in [3.8, 4) is 5.75 Å². The summed E-state index contributed by atoms with van der Waals surface area (Å²) < 4.78 is 13.5. The highest BCUT2D eigenvalue weighted by molar-refractivity contribution is 5.47. The highest BCUT2D eigenvalue weighted by Crippen LogP contribution is 2.16. The third-order valence-corrected chi connectivity index (χ3v) is 5.05. The summed E-state index contributed by atoms with van der Waals surface area (Å²) in [7, 11) is 0. The highest BCUT2D eigenvalue weighted by atomic mass is 16.5. The van der Waals surface area contributed by atoms with Crippen molar-refractivity contribution in [1.29, 1.82) is 0 Å². The number of aromatic nitrogens is 2. The van der Waals surface area contributed by atoms with E-state index in [1.54, 1.807) is 0 Å². The van der Waals surface area contributed by atoms with Crippen LogP contribution in [0.25, 0.3) is 5.65 Å². The summed E-state index contributed by atoms with van der Waals surface area (Å²) in [6.45, 7) is 6.25. The summed E-state index contributed by atoms with van der Waals surface area (Å²) in [6.07, 6.45) is 6.49. The number of pyridine rings is 1. The lowest BCUT2D eigenvalue weighted by Crippen LogP contribution is -2.28. The number of nitrogens with zero attached hydrogens (tertiary/aromatic N) is 2. The predicted octanol–water partition coefficient (Wildman–Crippen LogP) is 3.74. The maximum Gasteiger partial charge on any atom is 0.140 e. The Hall–Kier alpha value is -2.37. The lowest BCUT2D eigenvalue weighted by atomic mass is 10.0. The smallest absolute Gasteiger partial charge is 0.140 e. The molecule has 3 heterocycles. The average Bonchev–Trinajstić information content (AvgIpc) is 3.13. The maximum absolute atomic E-state index is 5.90. The first-order chi connectivity index (χ1) is 13.3. The van der Waals surface area contributed by atoms with Crippen molar-refractivity contribution in [2.75, 3.05) is 19.8 Å². The van der Waals surface area contributed by atoms with Crippen LogP contribution in [-0.4, -0.2) is 29.1 Å². The van der Waals surface area contributed by atoms with Gasteiger partial charge in [-0.05, 0) is 55.0 Å². The molecular formula is C22H27N3O2. The second-order valence-electron chi connectivity index (χ2n) is 7.30. The molecule has 142 valence electrons. The number of imidazole rings is 1. The molecule has 0 radical (unpaired) electrons. The van der Waals surface area contributed by atoms with E-state index in [4.69, 9.17) is 9.47 Å². The van der Waals surface area contributed by atoms with Crippen LogP contribution < -0.4 is 10.1 Å². The van der Waals surface area contributed by atoms with Gasteiger partial charge in [0.2, 0.25) is 0 Å². The van der Waals surface area contributed by atoms with E-state index < -0.39 is 0 Å². The van der Waals surface area contributed by atoms with Gasteiger partial charge in [0.25, 0.3) is 0 Å². The van der Waals surface area contributed by atoms with Gasteiger partial charge in [0.15, 0.2) is 0 Å². The van der Waals surface area contributed by atoms with Crippen molar-refractivity contribution in [2.45, 2.75) is 32.9 Å². The van der Waals surface area contributed by atoms with Crippen LogP contribution in [-0.2, 0) is 17.9 Å². The quantitative estimate of drug-likeness (QED) is 0.693. The van der Waals surface area contributed by atoms with Crippen molar-refractivity contribution < 1.29 is 9.47 Å². The van der Waals surface area contributed by atoms with Gasteiger partial charge < -0.3 is 19.2 Å². The lowest BCUT2D eigenvalue weighted by Gasteiger charge is -2.22. The third kappa shape index (κ3) is 4.67. The summed E-state index contributed by atoms with van der Waals surface area (Å²) in [5.74, 6) is 1.52. The van der Waals surface area contributed by atoms with E-state index in [2.05, 4.69) is 35.4 Å². The summed E-state index contributed by atoms with van der Waals surface area (Å²) in [5, 5.41) is 3.54. The number of fused-ring (bicyclic) bond motifs is 1. The molecule has 0 aliphatic carbocycles. The van der Waals surface area contributed by atoms with Crippen LogP contribution in [0.3, 0.4) is 0 Å². The lowest BCUT2D eigenvalue weighted by molar-refractivity contribution is 0.0547. The molecule has 1 aliphatic rings. The second kappa shape index (κ2) is 8.55. The SMILES string of the molecule is Cc1cccn2cc(COc3ccc(CNCC4CCCOC4)cc3)nc12. The fraction of sp³-hybridized carbons (Fsp3) is 0.409. The Kier molecular flexibility index (Phi) is 5.70. The first kappa shape index (κ1) is 18.0. The van der Waals surface area contributed by atoms with E-state index in [0.717, 1.165) is 43.4 Å². The fourth-order valence-electron chi connectivity index (χ4n) is 3.52. The zero-order valence-electron chi connectivity index (χ0n) is 15.9. The molecule has 0 bridgehead atoms. The molecule has 1 unspecified atom stereocenters. The zero-order chi connectivity index (χ0) is 18.5. The van der Waals surface area contributed by atoms with E-state index in [1.807, 2.05) is 35.0 Å². The number of hydrogen-bond donors (Lipinski definition) is 1. The molecule has 0 amide bonds. The Morgan fingerprint density at radius 3 is 2.93 bits per heavy atom. The molecule has 1 aromatic carbocycles. The minimum Gasteiger partial charge on any atom is -0.487 e.